The van der Waals surface area contributed by atoms with Gasteiger partial charge in [-0.1, -0.05) is 0 Å². The van der Waals surface area contributed by atoms with E-state index in [9.17, 15) is 9.59 Å². The number of rotatable bonds is 3. The number of benzene rings is 1. The van der Waals surface area contributed by atoms with Crippen molar-refractivity contribution in [2.75, 3.05) is 25.0 Å². The van der Waals surface area contributed by atoms with Crippen molar-refractivity contribution in [2.45, 2.75) is 26.2 Å². The second-order valence-electron chi connectivity index (χ2n) is 4.78. The summed E-state index contributed by atoms with van der Waals surface area (Å²) in [6.45, 7) is 3.75. The van der Waals surface area contributed by atoms with Gasteiger partial charge < -0.3 is 9.64 Å². The van der Waals surface area contributed by atoms with Gasteiger partial charge in [0.1, 0.15) is 0 Å². The molecule has 1 aliphatic rings. The molecule has 0 aromatic heterocycles. The highest BCUT2D eigenvalue weighted by molar-refractivity contribution is 5.95. The number of piperidine rings is 1. The number of hydrogen-bond donors (Lipinski definition) is 1. The van der Waals surface area contributed by atoms with Crippen molar-refractivity contribution in [3.8, 4) is 0 Å². The first kappa shape index (κ1) is 14.4. The Labute approximate surface area is 118 Å². The first-order valence-corrected chi connectivity index (χ1v) is 7.04. The number of nitrogens with one attached hydrogen (secondary N) is 1. The van der Waals surface area contributed by atoms with Gasteiger partial charge in [-0.05, 0) is 50.5 Å². The summed E-state index contributed by atoms with van der Waals surface area (Å²) in [4.78, 5) is 25.4. The molecule has 1 fully saturated rings. The zero-order valence-corrected chi connectivity index (χ0v) is 11.7. The molecular formula is C15H20N2O3. The standard InChI is InChI=1S/C15H20N2O3/c1-2-20-15(19)16-13-8-6-12(7-9-13)14(18)17-10-4-3-5-11-17/h6-9H,2-5,10-11H2,1H3,(H,16,19). The molecule has 20 heavy (non-hydrogen) atoms. The lowest BCUT2D eigenvalue weighted by Crippen LogP contribution is -2.35. The van der Waals surface area contributed by atoms with E-state index in [0.29, 0.717) is 17.9 Å². The van der Waals surface area contributed by atoms with Crippen LogP contribution in [0.2, 0.25) is 0 Å². The fourth-order valence-electron chi connectivity index (χ4n) is 2.26. The molecule has 0 radical (unpaired) electrons. The van der Waals surface area contributed by atoms with E-state index in [2.05, 4.69) is 5.32 Å². The van der Waals surface area contributed by atoms with Crippen molar-refractivity contribution in [2.24, 2.45) is 0 Å². The highest BCUT2D eigenvalue weighted by atomic mass is 16.5. The molecule has 2 rings (SSSR count). The molecule has 1 aromatic rings. The molecule has 0 spiro atoms. The van der Waals surface area contributed by atoms with Gasteiger partial charge in [0, 0.05) is 24.3 Å². The third-order valence-electron chi connectivity index (χ3n) is 3.30. The van der Waals surface area contributed by atoms with E-state index in [-0.39, 0.29) is 5.91 Å². The molecule has 1 aliphatic heterocycles. The first-order chi connectivity index (χ1) is 9.70. The number of likely N-dealkylation sites (tertiary alicyclic amines) is 1. The Hall–Kier alpha value is -2.04. The number of amides is 2. The Morgan fingerprint density at radius 1 is 1.15 bits per heavy atom. The molecule has 0 saturated carbocycles. The molecule has 1 N–H and O–H groups in total. The Morgan fingerprint density at radius 3 is 2.40 bits per heavy atom. The maximum Gasteiger partial charge on any atom is 0.411 e. The van der Waals surface area contributed by atoms with Crippen LogP contribution in [0.3, 0.4) is 0 Å². The molecule has 5 heteroatoms. The van der Waals surface area contributed by atoms with Crippen LogP contribution in [0.4, 0.5) is 10.5 Å². The van der Waals surface area contributed by atoms with Crippen molar-refractivity contribution >= 4 is 17.7 Å². The number of carbonyl (C=O) groups excluding carboxylic acids is 2. The summed E-state index contributed by atoms with van der Waals surface area (Å²) in [5, 5.41) is 2.60. The van der Waals surface area contributed by atoms with E-state index in [1.165, 1.54) is 6.42 Å². The van der Waals surface area contributed by atoms with Gasteiger partial charge in [0.25, 0.3) is 5.91 Å². The van der Waals surface area contributed by atoms with Gasteiger partial charge >= 0.3 is 6.09 Å². The van der Waals surface area contributed by atoms with Gasteiger partial charge in [-0.2, -0.15) is 0 Å². The summed E-state index contributed by atoms with van der Waals surface area (Å²) in [5.74, 6) is 0.0624. The third-order valence-corrected chi connectivity index (χ3v) is 3.30. The minimum absolute atomic E-state index is 0.0624. The molecule has 0 bridgehead atoms. The Kier molecular flexibility index (Phi) is 4.98. The minimum atomic E-state index is -0.484. The van der Waals surface area contributed by atoms with E-state index < -0.39 is 6.09 Å². The van der Waals surface area contributed by atoms with Crippen molar-refractivity contribution in [1.29, 1.82) is 0 Å². The number of carbonyl (C=O) groups is 2. The van der Waals surface area contributed by atoms with Crippen LogP contribution in [0.1, 0.15) is 36.5 Å². The highest BCUT2D eigenvalue weighted by Crippen LogP contribution is 2.15. The van der Waals surface area contributed by atoms with Gasteiger partial charge in [-0.3, -0.25) is 10.1 Å². The molecule has 1 heterocycles. The Balaban J connectivity index is 1.96. The van der Waals surface area contributed by atoms with Crippen molar-refractivity contribution in [3.05, 3.63) is 29.8 Å². The van der Waals surface area contributed by atoms with Gasteiger partial charge in [0.05, 0.1) is 6.61 Å². The van der Waals surface area contributed by atoms with Gasteiger partial charge in [0.15, 0.2) is 0 Å². The van der Waals surface area contributed by atoms with E-state index in [0.717, 1.165) is 25.9 Å². The summed E-state index contributed by atoms with van der Waals surface area (Å²) in [6, 6.07) is 6.90. The lowest BCUT2D eigenvalue weighted by atomic mass is 10.1. The van der Waals surface area contributed by atoms with Crippen molar-refractivity contribution in [3.63, 3.8) is 0 Å². The monoisotopic (exact) mass is 276 g/mol. The quantitative estimate of drug-likeness (QED) is 0.923. The summed E-state index contributed by atoms with van der Waals surface area (Å²) in [6.07, 6.45) is 2.87. The highest BCUT2D eigenvalue weighted by Gasteiger charge is 2.17. The first-order valence-electron chi connectivity index (χ1n) is 7.04. The second kappa shape index (κ2) is 6.93. The molecule has 108 valence electrons. The van der Waals surface area contributed by atoms with E-state index >= 15 is 0 Å². The van der Waals surface area contributed by atoms with Gasteiger partial charge in [-0.15, -0.1) is 0 Å². The van der Waals surface area contributed by atoms with Crippen molar-refractivity contribution < 1.29 is 14.3 Å². The maximum atomic E-state index is 12.2. The molecule has 2 amide bonds. The van der Waals surface area contributed by atoms with Crippen LogP contribution in [0.5, 0.6) is 0 Å². The van der Waals surface area contributed by atoms with Crippen molar-refractivity contribution in [1.82, 2.24) is 4.90 Å². The molecule has 0 aliphatic carbocycles. The number of ether oxygens (including phenoxy) is 1. The molecule has 5 nitrogen and oxygen atoms in total. The molecule has 0 unspecified atom stereocenters. The fraction of sp³-hybridized carbons (Fsp3) is 0.467. The van der Waals surface area contributed by atoms with Crippen LogP contribution in [0.15, 0.2) is 24.3 Å². The van der Waals surface area contributed by atoms with Crippen LogP contribution in [0.25, 0.3) is 0 Å². The molecule has 1 aromatic carbocycles. The number of anilines is 1. The zero-order valence-electron chi connectivity index (χ0n) is 11.7. The summed E-state index contributed by atoms with van der Waals surface area (Å²) < 4.78 is 4.79. The summed E-state index contributed by atoms with van der Waals surface area (Å²) in [7, 11) is 0. The topological polar surface area (TPSA) is 58.6 Å². The van der Waals surface area contributed by atoms with Crippen LogP contribution in [0, 0.1) is 0 Å². The fourth-order valence-corrected chi connectivity index (χ4v) is 2.26. The van der Waals surface area contributed by atoms with Crippen LogP contribution in [-0.2, 0) is 4.74 Å². The average molecular weight is 276 g/mol. The lowest BCUT2D eigenvalue weighted by molar-refractivity contribution is 0.0724. The third kappa shape index (κ3) is 3.73. The predicted molar refractivity (Wildman–Crippen MR) is 76.8 cm³/mol. The molecule has 0 atom stereocenters. The molecule has 1 saturated heterocycles. The normalized spacial score (nSPS) is 14.8. The van der Waals surface area contributed by atoms with E-state index in [4.69, 9.17) is 4.74 Å². The SMILES string of the molecule is CCOC(=O)Nc1ccc(C(=O)N2CCCCC2)cc1. The smallest absolute Gasteiger partial charge is 0.411 e. The maximum absolute atomic E-state index is 12.2. The Bertz CT molecular complexity index is 465. The predicted octanol–water partition coefficient (Wildman–Crippen LogP) is 2.88. The second-order valence-corrected chi connectivity index (χ2v) is 4.78. The minimum Gasteiger partial charge on any atom is -0.450 e. The largest absolute Gasteiger partial charge is 0.450 e. The van der Waals surface area contributed by atoms with Crippen LogP contribution in [-0.4, -0.2) is 36.6 Å². The van der Waals surface area contributed by atoms with E-state index in [1.807, 2.05) is 4.90 Å². The number of nitrogens with zero attached hydrogens (tertiary/aromatic N) is 1. The van der Waals surface area contributed by atoms with Crippen LogP contribution >= 0.6 is 0 Å². The summed E-state index contributed by atoms with van der Waals surface area (Å²) in [5.41, 5.74) is 1.28. The van der Waals surface area contributed by atoms with Gasteiger partial charge in [-0.25, -0.2) is 4.79 Å². The average Bonchev–Trinajstić information content (AvgIpc) is 2.48. The summed E-state index contributed by atoms with van der Waals surface area (Å²) >= 11 is 0. The molecular weight excluding hydrogens is 256 g/mol. The van der Waals surface area contributed by atoms with Crippen LogP contribution < -0.4 is 5.32 Å². The van der Waals surface area contributed by atoms with Gasteiger partial charge in [0.2, 0.25) is 0 Å². The number of hydrogen-bond acceptors (Lipinski definition) is 3. The van der Waals surface area contributed by atoms with E-state index in [1.54, 1.807) is 31.2 Å². The Morgan fingerprint density at radius 2 is 1.80 bits per heavy atom. The lowest BCUT2D eigenvalue weighted by Gasteiger charge is -2.26. The zero-order chi connectivity index (χ0) is 14.4.